The number of hydrogen-bond donors (Lipinski definition) is 0. The molecule has 0 N–H and O–H groups in total. The van der Waals surface area contributed by atoms with Gasteiger partial charge in [0.1, 0.15) is 13.2 Å². The fraction of sp³-hybridized carbons (Fsp3) is 0.753. The standard InChI is InChI=1S/C77H134O6/c1-4-7-10-13-16-19-22-25-28-31-34-36-37-38-39-41-43-46-49-52-55-58-61-64-67-70-76(79)82-73-74(72-81-75(78)69-66-63-60-57-54-51-48-45-42-33-30-27-24-21-18-15-12-9-6-3)83-77(80)71-68-65-62-59-56-53-50-47-44-40-35-32-29-26-23-20-17-14-11-8-5-2/h9,12,18,21,23,26-27,30,32,35,42,45,51,54,60,63,74H,4-8,10-11,13-17,19-20,22,24-25,28-29,31,33-34,36-41,43-44,46-50,52-53,55-59,61-62,64-73H2,1-3H3/b12-9-,21-18-,26-23-,30-27-,35-32-,45-42-,54-51-,63-60-. The minimum Gasteiger partial charge on any atom is -0.462 e. The predicted molar refractivity (Wildman–Crippen MR) is 362 cm³/mol. The Morgan fingerprint density at radius 2 is 0.494 bits per heavy atom. The van der Waals surface area contributed by atoms with Crippen LogP contribution in [0.3, 0.4) is 0 Å². The van der Waals surface area contributed by atoms with Crippen molar-refractivity contribution in [1.82, 2.24) is 0 Å². The van der Waals surface area contributed by atoms with Crippen LogP contribution in [0, 0.1) is 0 Å². The van der Waals surface area contributed by atoms with Crippen molar-refractivity contribution in [3.8, 4) is 0 Å². The topological polar surface area (TPSA) is 78.9 Å². The number of rotatable bonds is 65. The lowest BCUT2D eigenvalue weighted by Gasteiger charge is -2.18. The average molecular weight is 1160 g/mol. The number of hydrogen-bond acceptors (Lipinski definition) is 6. The summed E-state index contributed by atoms with van der Waals surface area (Å²) in [5.41, 5.74) is 0. The number of carbonyl (C=O) groups excluding carboxylic acids is 3. The van der Waals surface area contributed by atoms with E-state index in [1.54, 1.807) is 0 Å². The van der Waals surface area contributed by atoms with E-state index in [4.69, 9.17) is 14.2 Å². The van der Waals surface area contributed by atoms with E-state index in [-0.39, 0.29) is 37.5 Å². The normalized spacial score (nSPS) is 12.7. The maximum absolute atomic E-state index is 13.0. The molecule has 0 aromatic heterocycles. The Hall–Kier alpha value is -3.67. The van der Waals surface area contributed by atoms with Crippen LogP contribution in [0.2, 0.25) is 0 Å². The van der Waals surface area contributed by atoms with E-state index >= 15 is 0 Å². The molecule has 0 aliphatic rings. The predicted octanol–water partition coefficient (Wildman–Crippen LogP) is 24.8. The molecule has 0 aliphatic heterocycles. The van der Waals surface area contributed by atoms with Crippen molar-refractivity contribution in [3.63, 3.8) is 0 Å². The van der Waals surface area contributed by atoms with Gasteiger partial charge in [-0.15, -0.1) is 0 Å². The molecule has 1 atom stereocenters. The van der Waals surface area contributed by atoms with E-state index in [1.807, 2.05) is 6.08 Å². The smallest absolute Gasteiger partial charge is 0.306 e. The molecule has 0 spiro atoms. The fourth-order valence-corrected chi connectivity index (χ4v) is 10.3. The summed E-state index contributed by atoms with van der Waals surface area (Å²) in [7, 11) is 0. The molecule has 6 nitrogen and oxygen atoms in total. The lowest BCUT2D eigenvalue weighted by molar-refractivity contribution is -0.166. The molecule has 0 bridgehead atoms. The first-order valence-electron chi connectivity index (χ1n) is 35.7. The van der Waals surface area contributed by atoms with E-state index in [9.17, 15) is 14.4 Å². The summed E-state index contributed by atoms with van der Waals surface area (Å²) in [6.45, 7) is 6.50. The molecular formula is C77H134O6. The van der Waals surface area contributed by atoms with Crippen molar-refractivity contribution in [2.24, 2.45) is 0 Å². The van der Waals surface area contributed by atoms with Crippen LogP contribution in [0.15, 0.2) is 97.2 Å². The Bertz CT molecular complexity index is 1610. The van der Waals surface area contributed by atoms with Gasteiger partial charge in [-0.05, 0) is 89.9 Å². The first-order valence-corrected chi connectivity index (χ1v) is 35.7. The van der Waals surface area contributed by atoms with Crippen LogP contribution in [-0.2, 0) is 28.6 Å². The highest BCUT2D eigenvalue weighted by Crippen LogP contribution is 2.18. The highest BCUT2D eigenvalue weighted by Gasteiger charge is 2.19. The molecule has 0 saturated heterocycles. The number of unbranched alkanes of at least 4 members (excludes halogenated alkanes) is 38. The van der Waals surface area contributed by atoms with Crippen LogP contribution in [0.5, 0.6) is 0 Å². The molecule has 0 radical (unpaired) electrons. The molecular weight excluding hydrogens is 1020 g/mol. The van der Waals surface area contributed by atoms with Gasteiger partial charge in [-0.3, -0.25) is 14.4 Å². The summed E-state index contributed by atoms with van der Waals surface area (Å²) in [5, 5.41) is 0. The van der Waals surface area contributed by atoms with Crippen LogP contribution in [0.1, 0.15) is 355 Å². The third-order valence-corrected chi connectivity index (χ3v) is 15.6. The summed E-state index contributed by atoms with van der Waals surface area (Å²) in [5.74, 6) is -0.975. The third kappa shape index (κ3) is 69.0. The molecule has 1 unspecified atom stereocenters. The van der Waals surface area contributed by atoms with Crippen molar-refractivity contribution in [2.45, 2.75) is 361 Å². The molecule has 0 aromatic carbocycles. The first kappa shape index (κ1) is 79.3. The Morgan fingerprint density at radius 1 is 0.253 bits per heavy atom. The zero-order valence-electron chi connectivity index (χ0n) is 54.9. The summed E-state index contributed by atoms with van der Waals surface area (Å²) < 4.78 is 16.9. The molecule has 6 heteroatoms. The van der Waals surface area contributed by atoms with Crippen LogP contribution in [-0.4, -0.2) is 37.2 Å². The van der Waals surface area contributed by atoms with Crippen LogP contribution >= 0.6 is 0 Å². The minimum absolute atomic E-state index is 0.0998. The van der Waals surface area contributed by atoms with Gasteiger partial charge in [0.25, 0.3) is 0 Å². The Labute approximate surface area is 515 Å². The summed E-state index contributed by atoms with van der Waals surface area (Å²) in [6, 6.07) is 0. The van der Waals surface area contributed by atoms with Gasteiger partial charge in [-0.25, -0.2) is 0 Å². The SMILES string of the molecule is CC/C=C\C/C=C\C/C=C\C/C=C\C/C=C\C/C=C\CCC(=O)OCC(COC(=O)CCCCCCCCCCCCCCCCCCCCCCCCCCC)OC(=O)CCCCCCCCCCC/C=C\C/C=C\CCCCCCC. The van der Waals surface area contributed by atoms with E-state index in [0.717, 1.165) is 83.5 Å². The second-order valence-electron chi connectivity index (χ2n) is 23.8. The lowest BCUT2D eigenvalue weighted by atomic mass is 10.0. The number of allylic oxidation sites excluding steroid dienone is 16. The molecule has 83 heavy (non-hydrogen) atoms. The van der Waals surface area contributed by atoms with Gasteiger partial charge in [-0.1, -0.05) is 343 Å². The zero-order valence-corrected chi connectivity index (χ0v) is 54.9. The molecule has 0 saturated carbocycles. The maximum Gasteiger partial charge on any atom is 0.306 e. The van der Waals surface area contributed by atoms with Gasteiger partial charge in [0.2, 0.25) is 0 Å². The van der Waals surface area contributed by atoms with E-state index in [0.29, 0.717) is 19.3 Å². The summed E-state index contributed by atoms with van der Waals surface area (Å²) in [6.07, 6.45) is 95.9. The van der Waals surface area contributed by atoms with Gasteiger partial charge >= 0.3 is 17.9 Å². The average Bonchev–Trinajstić information content (AvgIpc) is 3.49. The fourth-order valence-electron chi connectivity index (χ4n) is 10.3. The zero-order chi connectivity index (χ0) is 59.9. The van der Waals surface area contributed by atoms with Gasteiger partial charge in [-0.2, -0.15) is 0 Å². The van der Waals surface area contributed by atoms with Gasteiger partial charge < -0.3 is 14.2 Å². The van der Waals surface area contributed by atoms with Gasteiger partial charge in [0, 0.05) is 19.3 Å². The quantitative estimate of drug-likeness (QED) is 0.0261. The van der Waals surface area contributed by atoms with Crippen molar-refractivity contribution in [1.29, 1.82) is 0 Å². The largest absolute Gasteiger partial charge is 0.462 e. The molecule has 0 rings (SSSR count). The molecule has 0 amide bonds. The lowest BCUT2D eigenvalue weighted by Crippen LogP contribution is -2.30. The summed E-state index contributed by atoms with van der Waals surface area (Å²) >= 11 is 0. The molecule has 0 fully saturated rings. The molecule has 0 aromatic rings. The Balaban J connectivity index is 4.41. The van der Waals surface area contributed by atoms with E-state index in [2.05, 4.69) is 112 Å². The molecule has 0 heterocycles. The van der Waals surface area contributed by atoms with Gasteiger partial charge in [0.05, 0.1) is 0 Å². The second kappa shape index (κ2) is 70.8. The molecule has 478 valence electrons. The van der Waals surface area contributed by atoms with Crippen LogP contribution in [0.25, 0.3) is 0 Å². The van der Waals surface area contributed by atoms with Crippen molar-refractivity contribution in [3.05, 3.63) is 97.2 Å². The van der Waals surface area contributed by atoms with Crippen molar-refractivity contribution < 1.29 is 28.6 Å². The maximum atomic E-state index is 13.0. The van der Waals surface area contributed by atoms with Crippen molar-refractivity contribution >= 4 is 17.9 Å². The van der Waals surface area contributed by atoms with E-state index in [1.165, 1.54) is 225 Å². The second-order valence-corrected chi connectivity index (χ2v) is 23.8. The highest BCUT2D eigenvalue weighted by atomic mass is 16.6. The monoisotopic (exact) mass is 1160 g/mol. The van der Waals surface area contributed by atoms with Crippen molar-refractivity contribution in [2.75, 3.05) is 13.2 Å². The number of carbonyl (C=O) groups is 3. The summed E-state index contributed by atoms with van der Waals surface area (Å²) in [4.78, 5) is 38.5. The van der Waals surface area contributed by atoms with E-state index < -0.39 is 6.10 Å². The highest BCUT2D eigenvalue weighted by molar-refractivity contribution is 5.71. The number of ether oxygens (including phenoxy) is 3. The van der Waals surface area contributed by atoms with Gasteiger partial charge in [0.15, 0.2) is 6.10 Å². The Kier molecular flexibility index (Phi) is 67.7. The number of esters is 3. The van der Waals surface area contributed by atoms with Crippen LogP contribution in [0.4, 0.5) is 0 Å². The molecule has 0 aliphatic carbocycles. The van der Waals surface area contributed by atoms with Crippen LogP contribution < -0.4 is 0 Å². The Morgan fingerprint density at radius 3 is 0.807 bits per heavy atom. The first-order chi connectivity index (χ1) is 41.0. The minimum atomic E-state index is -0.812. The third-order valence-electron chi connectivity index (χ3n) is 15.6.